The molecule has 0 amide bonds. The molecule has 7 heteroatoms. The van der Waals surface area contributed by atoms with Crippen LogP contribution in [0.2, 0.25) is 0 Å². The van der Waals surface area contributed by atoms with Crippen LogP contribution in [0.3, 0.4) is 0 Å². The number of aliphatic imine (C=N–C) groups is 1. The van der Waals surface area contributed by atoms with Crippen LogP contribution in [0, 0.1) is 0 Å². The highest BCUT2D eigenvalue weighted by molar-refractivity contribution is 6.32. The number of esters is 2. The van der Waals surface area contributed by atoms with Crippen molar-refractivity contribution in [2.75, 3.05) is 6.61 Å². The molecule has 0 aliphatic carbocycles. The number of carbonyl (C=O) groups is 2. The molecule has 0 saturated carbocycles. The van der Waals surface area contributed by atoms with E-state index < -0.39 is 11.6 Å². The van der Waals surface area contributed by atoms with E-state index in [9.17, 15) is 9.59 Å². The Bertz CT molecular complexity index is 1180. The number of hydrogen-bond donors (Lipinski definition) is 0. The summed E-state index contributed by atoms with van der Waals surface area (Å²) >= 11 is 6.45. The highest BCUT2D eigenvalue weighted by atomic mass is 35.5. The standard InChI is InChI=1S/C30H37ClN2O4/c1-7-9-14-25-32-27(31)26(29(35)36-8-2)20(3)33(25)19-21-15-17-22(18-16-21)23-12-10-11-13-24(23)28(34)37-30(4,5)6/h10-13,15-18,20H,7-9,14,19H2,1-6H3. The van der Waals surface area contributed by atoms with E-state index in [1.807, 2.05) is 70.2 Å². The van der Waals surface area contributed by atoms with Gasteiger partial charge in [0.25, 0.3) is 0 Å². The number of benzene rings is 2. The van der Waals surface area contributed by atoms with Crippen molar-refractivity contribution in [2.45, 2.75) is 79.0 Å². The number of rotatable bonds is 9. The maximum Gasteiger partial charge on any atom is 0.339 e. The molecule has 1 atom stereocenters. The summed E-state index contributed by atoms with van der Waals surface area (Å²) in [6.07, 6.45) is 2.77. The summed E-state index contributed by atoms with van der Waals surface area (Å²) < 4.78 is 10.9. The molecule has 1 unspecified atom stereocenters. The number of hydrogen-bond acceptors (Lipinski definition) is 6. The Morgan fingerprint density at radius 3 is 2.32 bits per heavy atom. The van der Waals surface area contributed by atoms with Crippen LogP contribution in [0.25, 0.3) is 11.1 Å². The lowest BCUT2D eigenvalue weighted by molar-refractivity contribution is -0.139. The maximum atomic E-state index is 12.8. The maximum absolute atomic E-state index is 12.8. The van der Waals surface area contributed by atoms with Gasteiger partial charge in [0.15, 0.2) is 0 Å². The Balaban J connectivity index is 1.87. The van der Waals surface area contributed by atoms with Crippen LogP contribution in [-0.4, -0.2) is 40.9 Å². The minimum atomic E-state index is -0.573. The molecule has 1 aliphatic heterocycles. The molecule has 2 aromatic rings. The average Bonchev–Trinajstić information content (AvgIpc) is 2.84. The molecule has 0 aromatic heterocycles. The minimum absolute atomic E-state index is 0.211. The second kappa shape index (κ2) is 12.4. The summed E-state index contributed by atoms with van der Waals surface area (Å²) in [6, 6.07) is 15.3. The van der Waals surface area contributed by atoms with Gasteiger partial charge in [-0.15, -0.1) is 0 Å². The van der Waals surface area contributed by atoms with Gasteiger partial charge in [-0.25, -0.2) is 14.6 Å². The fraction of sp³-hybridized carbons (Fsp3) is 0.433. The van der Waals surface area contributed by atoms with E-state index in [2.05, 4.69) is 16.8 Å². The lowest BCUT2D eigenvalue weighted by Gasteiger charge is -2.36. The van der Waals surface area contributed by atoms with Crippen LogP contribution in [-0.2, 0) is 20.8 Å². The van der Waals surface area contributed by atoms with Crippen LogP contribution in [0.1, 0.15) is 76.7 Å². The van der Waals surface area contributed by atoms with E-state index in [-0.39, 0.29) is 23.8 Å². The molecule has 2 aromatic carbocycles. The second-order valence-electron chi connectivity index (χ2n) is 10.1. The average molecular weight is 525 g/mol. The first-order valence-electron chi connectivity index (χ1n) is 12.9. The van der Waals surface area contributed by atoms with E-state index in [1.165, 1.54) is 0 Å². The first kappa shape index (κ1) is 28.5. The van der Waals surface area contributed by atoms with Crippen LogP contribution in [0.4, 0.5) is 0 Å². The molecular weight excluding hydrogens is 488 g/mol. The van der Waals surface area contributed by atoms with Gasteiger partial charge in [-0.05, 0) is 63.8 Å². The molecule has 0 saturated heterocycles. The zero-order valence-electron chi connectivity index (χ0n) is 22.6. The predicted molar refractivity (Wildman–Crippen MR) is 149 cm³/mol. The van der Waals surface area contributed by atoms with Crippen molar-refractivity contribution in [3.8, 4) is 11.1 Å². The zero-order valence-corrected chi connectivity index (χ0v) is 23.4. The van der Waals surface area contributed by atoms with Crippen molar-refractivity contribution in [3.63, 3.8) is 0 Å². The molecule has 37 heavy (non-hydrogen) atoms. The third-order valence-corrected chi connectivity index (χ3v) is 6.37. The number of halogens is 1. The zero-order chi connectivity index (χ0) is 27.2. The fourth-order valence-electron chi connectivity index (χ4n) is 4.25. The van der Waals surface area contributed by atoms with Gasteiger partial charge in [0, 0.05) is 13.0 Å². The van der Waals surface area contributed by atoms with E-state index in [0.29, 0.717) is 17.7 Å². The van der Waals surface area contributed by atoms with E-state index >= 15 is 0 Å². The van der Waals surface area contributed by atoms with E-state index in [1.54, 1.807) is 13.0 Å². The van der Waals surface area contributed by atoms with Crippen LogP contribution in [0.5, 0.6) is 0 Å². The molecule has 0 spiro atoms. The highest BCUT2D eigenvalue weighted by Gasteiger charge is 2.33. The quantitative estimate of drug-likeness (QED) is 0.258. The van der Waals surface area contributed by atoms with Gasteiger partial charge in [-0.2, -0.15) is 0 Å². The highest BCUT2D eigenvalue weighted by Crippen LogP contribution is 2.30. The van der Waals surface area contributed by atoms with Gasteiger partial charge in [-0.1, -0.05) is 67.4 Å². The number of carbonyl (C=O) groups excluding carboxylic acids is 2. The molecule has 0 fully saturated rings. The lowest BCUT2D eigenvalue weighted by Crippen LogP contribution is -2.43. The molecule has 0 N–H and O–H groups in total. The number of unbranched alkanes of at least 4 members (excludes halogenated alkanes) is 1. The Kier molecular flexibility index (Phi) is 9.55. The normalized spacial score (nSPS) is 15.9. The van der Waals surface area contributed by atoms with Crippen molar-refractivity contribution in [2.24, 2.45) is 4.99 Å². The van der Waals surface area contributed by atoms with E-state index in [4.69, 9.17) is 21.1 Å². The summed E-state index contributed by atoms with van der Waals surface area (Å²) in [5.74, 6) is 0.0883. The molecule has 198 valence electrons. The fourth-order valence-corrected chi connectivity index (χ4v) is 4.58. The van der Waals surface area contributed by atoms with Gasteiger partial charge in [0.2, 0.25) is 0 Å². The topological polar surface area (TPSA) is 68.2 Å². The van der Waals surface area contributed by atoms with Crippen LogP contribution < -0.4 is 0 Å². The molecule has 0 radical (unpaired) electrons. The van der Waals surface area contributed by atoms with E-state index in [0.717, 1.165) is 41.8 Å². The summed E-state index contributed by atoms with van der Waals surface area (Å²) in [6.45, 7) is 12.3. The summed E-state index contributed by atoms with van der Waals surface area (Å²) in [5, 5.41) is 0.211. The van der Waals surface area contributed by atoms with Crippen molar-refractivity contribution in [1.82, 2.24) is 4.90 Å². The predicted octanol–water partition coefficient (Wildman–Crippen LogP) is 7.12. The summed E-state index contributed by atoms with van der Waals surface area (Å²) in [5.41, 5.74) is 3.13. The molecule has 3 rings (SSSR count). The van der Waals surface area contributed by atoms with Crippen molar-refractivity contribution < 1.29 is 19.1 Å². The number of nitrogens with zero attached hydrogens (tertiary/aromatic N) is 2. The molecular formula is C30H37ClN2O4. The summed E-state index contributed by atoms with van der Waals surface area (Å²) in [7, 11) is 0. The SMILES string of the molecule is CCCCC1=NC(Cl)=C(C(=O)OCC)C(C)N1Cc1ccc(-c2ccccc2C(=O)OC(C)(C)C)cc1. The smallest absolute Gasteiger partial charge is 0.339 e. The Morgan fingerprint density at radius 1 is 1.03 bits per heavy atom. The Hall–Kier alpha value is -3.12. The van der Waals surface area contributed by atoms with Gasteiger partial charge in [0.05, 0.1) is 23.8 Å². The molecule has 1 aliphatic rings. The van der Waals surface area contributed by atoms with Crippen molar-refractivity contribution in [3.05, 3.63) is 70.4 Å². The molecule has 0 bridgehead atoms. The Labute approximate surface area is 225 Å². The van der Waals surface area contributed by atoms with Crippen LogP contribution in [0.15, 0.2) is 64.3 Å². The lowest BCUT2D eigenvalue weighted by atomic mass is 9.98. The van der Waals surface area contributed by atoms with Crippen molar-refractivity contribution >= 4 is 29.4 Å². The molecule has 1 heterocycles. The van der Waals surface area contributed by atoms with Gasteiger partial charge in [0.1, 0.15) is 16.6 Å². The van der Waals surface area contributed by atoms with Crippen molar-refractivity contribution in [1.29, 1.82) is 0 Å². The van der Waals surface area contributed by atoms with Gasteiger partial charge >= 0.3 is 11.9 Å². The number of ether oxygens (including phenoxy) is 2. The molecule has 6 nitrogen and oxygen atoms in total. The Morgan fingerprint density at radius 2 is 1.70 bits per heavy atom. The van der Waals surface area contributed by atoms with Crippen LogP contribution >= 0.6 is 11.6 Å². The summed E-state index contributed by atoms with van der Waals surface area (Å²) in [4.78, 5) is 32.1. The first-order chi connectivity index (χ1) is 17.6. The second-order valence-corrected chi connectivity index (χ2v) is 10.5. The first-order valence-corrected chi connectivity index (χ1v) is 13.3. The number of amidine groups is 1. The van der Waals surface area contributed by atoms with Gasteiger partial charge < -0.3 is 14.4 Å². The van der Waals surface area contributed by atoms with Gasteiger partial charge in [-0.3, -0.25) is 0 Å². The monoisotopic (exact) mass is 524 g/mol. The minimum Gasteiger partial charge on any atom is -0.462 e. The largest absolute Gasteiger partial charge is 0.462 e. The third-order valence-electron chi connectivity index (χ3n) is 6.08. The third kappa shape index (κ3) is 7.22.